The molecule has 0 amide bonds. The molecule has 1 aromatic carbocycles. The van der Waals surface area contributed by atoms with Gasteiger partial charge >= 0.3 is 12.4 Å². The second-order valence-corrected chi connectivity index (χ2v) is 3.58. The molecule has 0 atom stereocenters. The fraction of sp³-hybridized carbons (Fsp3) is 0.300. The molecule has 0 saturated heterocycles. The summed E-state index contributed by atoms with van der Waals surface area (Å²) in [4.78, 5) is 10.6. The molecule has 0 heterocycles. The van der Waals surface area contributed by atoms with E-state index in [-0.39, 0.29) is 0 Å². The lowest BCUT2D eigenvalue weighted by molar-refractivity contribution is -0.143. The van der Waals surface area contributed by atoms with E-state index in [4.69, 9.17) is 11.6 Å². The largest absolute Gasteiger partial charge is 0.417 e. The van der Waals surface area contributed by atoms with Crippen molar-refractivity contribution in [3.63, 3.8) is 0 Å². The number of halogens is 7. The van der Waals surface area contributed by atoms with E-state index >= 15 is 0 Å². The Morgan fingerprint density at radius 2 is 1.61 bits per heavy atom. The van der Waals surface area contributed by atoms with Crippen molar-refractivity contribution < 1.29 is 31.1 Å². The summed E-state index contributed by atoms with van der Waals surface area (Å²) in [5, 5.41) is 0. The molecular formula is C10H5ClF6O. The number of aldehydes is 1. The van der Waals surface area contributed by atoms with Crippen LogP contribution >= 0.6 is 11.6 Å². The molecule has 1 rings (SSSR count). The van der Waals surface area contributed by atoms with Gasteiger partial charge in [0.05, 0.1) is 11.1 Å². The van der Waals surface area contributed by atoms with E-state index in [0.29, 0.717) is 12.1 Å². The summed E-state index contributed by atoms with van der Waals surface area (Å²) in [5.74, 6) is -0.645. The Bertz CT molecular complexity index is 463. The molecule has 0 radical (unpaired) electrons. The second-order valence-electron chi connectivity index (χ2n) is 3.31. The molecule has 1 nitrogen and oxygen atoms in total. The number of benzene rings is 1. The zero-order chi connectivity index (χ0) is 14.1. The summed E-state index contributed by atoms with van der Waals surface area (Å²) in [6.07, 6.45) is -10.6. The first-order valence-corrected chi connectivity index (χ1v) is 4.97. The highest BCUT2D eigenvalue weighted by Gasteiger charge is 2.42. The Morgan fingerprint density at radius 1 is 1.06 bits per heavy atom. The third kappa shape index (κ3) is 2.77. The summed E-state index contributed by atoms with van der Waals surface area (Å²) >= 11 is 5.24. The molecule has 0 aliphatic carbocycles. The standard InChI is InChI=1S/C10H5ClF6O/c11-3-5-1-2-7(9(12,13)14)6(4-18)8(5)10(15,16)17/h1-2,4H,3H2. The molecule has 0 unspecified atom stereocenters. The molecule has 0 spiro atoms. The first-order chi connectivity index (χ1) is 8.12. The highest BCUT2D eigenvalue weighted by Crippen LogP contribution is 2.40. The van der Waals surface area contributed by atoms with E-state index in [1.54, 1.807) is 0 Å². The quantitative estimate of drug-likeness (QED) is 0.451. The van der Waals surface area contributed by atoms with Crippen molar-refractivity contribution in [2.24, 2.45) is 0 Å². The SMILES string of the molecule is O=Cc1c(C(F)(F)F)ccc(CCl)c1C(F)(F)F. The van der Waals surface area contributed by atoms with Gasteiger partial charge in [-0.3, -0.25) is 4.79 Å². The van der Waals surface area contributed by atoms with E-state index in [9.17, 15) is 31.1 Å². The number of alkyl halides is 7. The molecule has 0 aromatic heterocycles. The Labute approximate surface area is 102 Å². The molecule has 0 fully saturated rings. The van der Waals surface area contributed by atoms with Crippen molar-refractivity contribution in [3.8, 4) is 0 Å². The molecule has 0 bridgehead atoms. The Hall–Kier alpha value is -1.24. The fourth-order valence-corrected chi connectivity index (χ4v) is 1.70. The monoisotopic (exact) mass is 290 g/mol. The third-order valence-electron chi connectivity index (χ3n) is 2.18. The van der Waals surface area contributed by atoms with Crippen LogP contribution in [0.1, 0.15) is 27.0 Å². The highest BCUT2D eigenvalue weighted by molar-refractivity contribution is 6.17. The molecule has 1 aromatic rings. The summed E-state index contributed by atoms with van der Waals surface area (Å²) in [6, 6.07) is 1.03. The van der Waals surface area contributed by atoms with E-state index in [1.807, 2.05) is 0 Å². The average Bonchev–Trinajstić information content (AvgIpc) is 2.24. The van der Waals surface area contributed by atoms with E-state index in [0.717, 1.165) is 0 Å². The lowest BCUT2D eigenvalue weighted by Crippen LogP contribution is -2.18. The lowest BCUT2D eigenvalue weighted by atomic mass is 9.96. The van der Waals surface area contributed by atoms with Crippen LogP contribution < -0.4 is 0 Å². The first kappa shape index (κ1) is 14.8. The molecule has 18 heavy (non-hydrogen) atoms. The van der Waals surface area contributed by atoms with Gasteiger partial charge in [0.1, 0.15) is 0 Å². The maximum absolute atomic E-state index is 12.7. The topological polar surface area (TPSA) is 17.1 Å². The normalized spacial score (nSPS) is 12.6. The zero-order valence-corrected chi connectivity index (χ0v) is 9.25. The van der Waals surface area contributed by atoms with Crippen LogP contribution in [-0.2, 0) is 18.2 Å². The van der Waals surface area contributed by atoms with Crippen molar-refractivity contribution in [2.75, 3.05) is 0 Å². The molecule has 0 saturated carbocycles. The Balaban J connectivity index is 3.69. The smallest absolute Gasteiger partial charge is 0.298 e. The van der Waals surface area contributed by atoms with Crippen molar-refractivity contribution >= 4 is 17.9 Å². The second kappa shape index (κ2) is 4.79. The molecule has 0 N–H and O–H groups in total. The maximum Gasteiger partial charge on any atom is 0.417 e. The number of hydrogen-bond acceptors (Lipinski definition) is 1. The van der Waals surface area contributed by atoms with Gasteiger partial charge in [-0.05, 0) is 11.6 Å². The van der Waals surface area contributed by atoms with Crippen LogP contribution in [0.5, 0.6) is 0 Å². The van der Waals surface area contributed by atoms with Crippen LogP contribution in [0, 0.1) is 0 Å². The minimum absolute atomic E-state index is 0.413. The third-order valence-corrected chi connectivity index (χ3v) is 2.47. The van der Waals surface area contributed by atoms with E-state index in [1.165, 1.54) is 0 Å². The molecular weight excluding hydrogens is 286 g/mol. The molecule has 0 aliphatic rings. The lowest BCUT2D eigenvalue weighted by Gasteiger charge is -2.18. The van der Waals surface area contributed by atoms with Gasteiger partial charge in [-0.25, -0.2) is 0 Å². The molecule has 100 valence electrons. The summed E-state index contributed by atoms with van der Waals surface area (Å²) < 4.78 is 75.4. The highest BCUT2D eigenvalue weighted by atomic mass is 35.5. The minimum Gasteiger partial charge on any atom is -0.298 e. The van der Waals surface area contributed by atoms with Gasteiger partial charge in [-0.1, -0.05) is 6.07 Å². The summed E-state index contributed by atoms with van der Waals surface area (Å²) in [6.45, 7) is 0. The molecule has 0 aliphatic heterocycles. The van der Waals surface area contributed by atoms with Gasteiger partial charge < -0.3 is 0 Å². The Kier molecular flexibility index (Phi) is 3.95. The number of carbonyl (C=O) groups excluding carboxylic acids is 1. The van der Waals surface area contributed by atoms with Crippen LogP contribution in [0.15, 0.2) is 12.1 Å². The fourth-order valence-electron chi connectivity index (χ4n) is 1.48. The summed E-state index contributed by atoms with van der Waals surface area (Å²) in [5.41, 5.74) is -5.27. The van der Waals surface area contributed by atoms with Gasteiger partial charge in [0.15, 0.2) is 6.29 Å². The maximum atomic E-state index is 12.7. The van der Waals surface area contributed by atoms with Crippen LogP contribution in [0.3, 0.4) is 0 Å². The number of rotatable bonds is 2. The van der Waals surface area contributed by atoms with Crippen LogP contribution in [0.25, 0.3) is 0 Å². The predicted octanol–water partition coefficient (Wildman–Crippen LogP) is 4.28. The van der Waals surface area contributed by atoms with Gasteiger partial charge in [-0.15, -0.1) is 11.6 Å². The Morgan fingerprint density at radius 3 is 1.94 bits per heavy atom. The van der Waals surface area contributed by atoms with Crippen molar-refractivity contribution in [2.45, 2.75) is 18.2 Å². The zero-order valence-electron chi connectivity index (χ0n) is 8.49. The van der Waals surface area contributed by atoms with Crippen LogP contribution in [0.4, 0.5) is 26.3 Å². The number of carbonyl (C=O) groups is 1. The van der Waals surface area contributed by atoms with Gasteiger partial charge in [0.2, 0.25) is 0 Å². The van der Waals surface area contributed by atoms with Gasteiger partial charge in [0.25, 0.3) is 0 Å². The van der Waals surface area contributed by atoms with Gasteiger partial charge in [-0.2, -0.15) is 26.3 Å². The van der Waals surface area contributed by atoms with Crippen LogP contribution in [0.2, 0.25) is 0 Å². The van der Waals surface area contributed by atoms with Gasteiger partial charge in [0, 0.05) is 11.4 Å². The van der Waals surface area contributed by atoms with Crippen molar-refractivity contribution in [3.05, 3.63) is 34.4 Å². The molecule has 8 heteroatoms. The van der Waals surface area contributed by atoms with Crippen LogP contribution in [-0.4, -0.2) is 6.29 Å². The number of hydrogen-bond donors (Lipinski definition) is 0. The van der Waals surface area contributed by atoms with E-state index < -0.39 is 46.8 Å². The van der Waals surface area contributed by atoms with Crippen molar-refractivity contribution in [1.82, 2.24) is 0 Å². The predicted molar refractivity (Wildman–Crippen MR) is 51.4 cm³/mol. The van der Waals surface area contributed by atoms with Crippen molar-refractivity contribution in [1.29, 1.82) is 0 Å². The van der Waals surface area contributed by atoms with E-state index in [2.05, 4.69) is 0 Å². The minimum atomic E-state index is -5.08. The summed E-state index contributed by atoms with van der Waals surface area (Å²) in [7, 11) is 0. The first-order valence-electron chi connectivity index (χ1n) is 4.44. The average molecular weight is 291 g/mol.